The van der Waals surface area contributed by atoms with Gasteiger partial charge in [0.2, 0.25) is 0 Å². The first kappa shape index (κ1) is 14.4. The molecule has 0 saturated heterocycles. The van der Waals surface area contributed by atoms with Crippen molar-refractivity contribution >= 4 is 33.1 Å². The van der Waals surface area contributed by atoms with Gasteiger partial charge in [0.15, 0.2) is 5.82 Å². The normalized spacial score (nSPS) is 11.0. The van der Waals surface area contributed by atoms with Gasteiger partial charge in [0.1, 0.15) is 5.82 Å². The van der Waals surface area contributed by atoms with E-state index in [2.05, 4.69) is 57.0 Å². The maximum absolute atomic E-state index is 4.66. The van der Waals surface area contributed by atoms with Crippen molar-refractivity contribution in [1.29, 1.82) is 0 Å². The molecule has 0 atom stereocenters. The lowest BCUT2D eigenvalue weighted by Crippen LogP contribution is -2.08. The highest BCUT2D eigenvalue weighted by Crippen LogP contribution is 2.32. The van der Waals surface area contributed by atoms with Crippen molar-refractivity contribution in [2.75, 3.05) is 11.9 Å². The maximum atomic E-state index is 4.66. The molecular weight excluding hydrogens is 324 g/mol. The summed E-state index contributed by atoms with van der Waals surface area (Å²) < 4.78 is 0.962. The van der Waals surface area contributed by atoms with Crippen molar-refractivity contribution in [3.63, 3.8) is 0 Å². The Bertz CT molecular complexity index is 540. The molecule has 6 heteroatoms. The van der Waals surface area contributed by atoms with Crippen LogP contribution in [0.3, 0.4) is 0 Å². The molecule has 19 heavy (non-hydrogen) atoms. The fraction of sp³-hybridized carbons (Fsp3) is 0.462. The largest absolute Gasteiger partial charge is 0.369 e. The molecule has 0 aromatic carbocycles. The zero-order chi connectivity index (χ0) is 13.8. The van der Waals surface area contributed by atoms with Crippen molar-refractivity contribution in [3.8, 4) is 10.7 Å². The third-order valence-corrected chi connectivity index (χ3v) is 4.17. The summed E-state index contributed by atoms with van der Waals surface area (Å²) in [7, 11) is 0. The second-order valence-electron chi connectivity index (χ2n) is 4.54. The van der Waals surface area contributed by atoms with Crippen LogP contribution in [0.2, 0.25) is 0 Å². The minimum Gasteiger partial charge on any atom is -0.369 e. The molecule has 0 bridgehead atoms. The number of anilines is 1. The van der Waals surface area contributed by atoms with Crippen molar-refractivity contribution in [3.05, 3.63) is 21.9 Å². The summed E-state index contributed by atoms with van der Waals surface area (Å²) in [6, 6.07) is 0. The second-order valence-corrected chi connectivity index (χ2v) is 6.22. The van der Waals surface area contributed by atoms with Crippen LogP contribution in [0.25, 0.3) is 10.7 Å². The van der Waals surface area contributed by atoms with E-state index in [1.54, 1.807) is 16.8 Å². The fourth-order valence-corrected chi connectivity index (χ4v) is 2.97. The molecule has 2 heterocycles. The van der Waals surface area contributed by atoms with Gasteiger partial charge in [-0.25, -0.2) is 9.97 Å². The molecule has 0 saturated carbocycles. The first-order chi connectivity index (χ1) is 9.13. The van der Waals surface area contributed by atoms with Gasteiger partial charge in [0.25, 0.3) is 0 Å². The van der Waals surface area contributed by atoms with Gasteiger partial charge in [-0.05, 0) is 28.3 Å². The van der Waals surface area contributed by atoms with E-state index in [4.69, 9.17) is 0 Å². The first-order valence-electron chi connectivity index (χ1n) is 6.33. The van der Waals surface area contributed by atoms with Crippen LogP contribution in [0.1, 0.15) is 38.8 Å². The molecule has 0 unspecified atom stereocenters. The van der Waals surface area contributed by atoms with Crippen molar-refractivity contribution in [2.45, 2.75) is 33.1 Å². The molecule has 2 aromatic rings. The Hall–Kier alpha value is -1.01. The van der Waals surface area contributed by atoms with Crippen LogP contribution in [-0.4, -0.2) is 21.5 Å². The molecule has 0 amide bonds. The van der Waals surface area contributed by atoms with Gasteiger partial charge in [0, 0.05) is 12.7 Å². The summed E-state index contributed by atoms with van der Waals surface area (Å²) in [6.45, 7) is 7.30. The van der Waals surface area contributed by atoms with Crippen molar-refractivity contribution in [2.24, 2.45) is 0 Å². The average molecular weight is 341 g/mol. The Morgan fingerprint density at radius 2 is 2.16 bits per heavy atom. The molecule has 2 aromatic heterocycles. The molecule has 0 aliphatic rings. The standard InChI is InChI=1S/C13H17BrN4S/c1-4-5-16-13-10(14)11(8(2)3)17-12(18-13)9-6-15-7-19-9/h6-8H,4-5H2,1-3H3,(H,16,17,18). The Morgan fingerprint density at radius 3 is 2.74 bits per heavy atom. The van der Waals surface area contributed by atoms with E-state index >= 15 is 0 Å². The zero-order valence-electron chi connectivity index (χ0n) is 11.3. The molecule has 102 valence electrons. The van der Waals surface area contributed by atoms with Gasteiger partial charge in [-0.1, -0.05) is 20.8 Å². The number of thiazole rings is 1. The number of nitrogens with one attached hydrogen (secondary N) is 1. The van der Waals surface area contributed by atoms with E-state index in [9.17, 15) is 0 Å². The Labute approximate surface area is 125 Å². The number of nitrogens with zero attached hydrogens (tertiary/aromatic N) is 3. The average Bonchev–Trinajstić information content (AvgIpc) is 2.91. The lowest BCUT2D eigenvalue weighted by atomic mass is 10.1. The third-order valence-electron chi connectivity index (χ3n) is 2.62. The summed E-state index contributed by atoms with van der Waals surface area (Å²) in [5, 5.41) is 3.35. The maximum Gasteiger partial charge on any atom is 0.173 e. The van der Waals surface area contributed by atoms with Crippen molar-refractivity contribution < 1.29 is 0 Å². The van der Waals surface area contributed by atoms with Gasteiger partial charge < -0.3 is 5.32 Å². The first-order valence-corrected chi connectivity index (χ1v) is 8.00. The smallest absolute Gasteiger partial charge is 0.173 e. The van der Waals surface area contributed by atoms with Crippen molar-refractivity contribution in [1.82, 2.24) is 15.0 Å². The highest BCUT2D eigenvalue weighted by molar-refractivity contribution is 9.10. The lowest BCUT2D eigenvalue weighted by molar-refractivity contribution is 0.808. The minimum absolute atomic E-state index is 0.339. The minimum atomic E-state index is 0.339. The quantitative estimate of drug-likeness (QED) is 0.881. The fourth-order valence-electron chi connectivity index (χ4n) is 1.64. The highest BCUT2D eigenvalue weighted by atomic mass is 79.9. The molecule has 0 aliphatic carbocycles. The highest BCUT2D eigenvalue weighted by Gasteiger charge is 2.16. The Kier molecular flexibility index (Phi) is 4.87. The zero-order valence-corrected chi connectivity index (χ0v) is 13.7. The van der Waals surface area contributed by atoms with Crippen LogP contribution in [-0.2, 0) is 0 Å². The van der Waals surface area contributed by atoms with Gasteiger partial charge in [0.05, 0.1) is 20.6 Å². The Morgan fingerprint density at radius 1 is 1.37 bits per heavy atom. The van der Waals surface area contributed by atoms with E-state index < -0.39 is 0 Å². The monoisotopic (exact) mass is 340 g/mol. The van der Waals surface area contributed by atoms with Gasteiger partial charge in [-0.3, -0.25) is 4.98 Å². The summed E-state index contributed by atoms with van der Waals surface area (Å²) >= 11 is 5.17. The summed E-state index contributed by atoms with van der Waals surface area (Å²) in [4.78, 5) is 14.3. The van der Waals surface area contributed by atoms with Crippen LogP contribution in [0.4, 0.5) is 5.82 Å². The van der Waals surface area contributed by atoms with Crippen LogP contribution in [0.5, 0.6) is 0 Å². The van der Waals surface area contributed by atoms with Crippen LogP contribution in [0, 0.1) is 0 Å². The van der Waals surface area contributed by atoms with Gasteiger partial charge in [-0.15, -0.1) is 11.3 Å². The van der Waals surface area contributed by atoms with E-state index in [1.165, 1.54) is 0 Å². The molecule has 0 radical (unpaired) electrons. The summed E-state index contributed by atoms with van der Waals surface area (Å²) in [6.07, 6.45) is 2.87. The summed E-state index contributed by atoms with van der Waals surface area (Å²) in [5.41, 5.74) is 2.83. The topological polar surface area (TPSA) is 50.7 Å². The van der Waals surface area contributed by atoms with Gasteiger partial charge in [-0.2, -0.15) is 0 Å². The molecule has 0 spiro atoms. The number of hydrogen-bond acceptors (Lipinski definition) is 5. The number of halogens is 1. The van der Waals surface area contributed by atoms with Crippen LogP contribution in [0.15, 0.2) is 16.2 Å². The molecule has 2 rings (SSSR count). The molecular formula is C13H17BrN4S. The Balaban J connectivity index is 2.47. The van der Waals surface area contributed by atoms with Gasteiger partial charge >= 0.3 is 0 Å². The lowest BCUT2D eigenvalue weighted by Gasteiger charge is -2.14. The van der Waals surface area contributed by atoms with Crippen LogP contribution < -0.4 is 5.32 Å². The third kappa shape index (κ3) is 3.30. The number of aromatic nitrogens is 3. The van der Waals surface area contributed by atoms with E-state index in [1.807, 2.05) is 6.20 Å². The molecule has 0 fully saturated rings. The van der Waals surface area contributed by atoms with E-state index in [0.717, 1.165) is 39.7 Å². The SMILES string of the molecule is CCCNc1nc(-c2cncs2)nc(C(C)C)c1Br. The molecule has 4 nitrogen and oxygen atoms in total. The predicted molar refractivity (Wildman–Crippen MR) is 83.7 cm³/mol. The number of rotatable bonds is 5. The number of hydrogen-bond donors (Lipinski definition) is 1. The molecule has 0 aliphatic heterocycles. The summed E-state index contributed by atoms with van der Waals surface area (Å²) in [5.74, 6) is 1.95. The molecule has 1 N–H and O–H groups in total. The van der Waals surface area contributed by atoms with E-state index in [0.29, 0.717) is 5.92 Å². The van der Waals surface area contributed by atoms with E-state index in [-0.39, 0.29) is 0 Å². The second kappa shape index (κ2) is 6.43. The predicted octanol–water partition coefficient (Wildman–Crippen LogP) is 4.31. The van der Waals surface area contributed by atoms with Crippen LogP contribution >= 0.6 is 27.3 Å².